The predicted molar refractivity (Wildman–Crippen MR) is 107 cm³/mol. The molecule has 0 radical (unpaired) electrons. The highest BCUT2D eigenvalue weighted by Gasteiger charge is 2.15. The van der Waals surface area contributed by atoms with Gasteiger partial charge in [0.2, 0.25) is 0 Å². The highest BCUT2D eigenvalue weighted by Crippen LogP contribution is 2.25. The van der Waals surface area contributed by atoms with Gasteiger partial charge in [0.15, 0.2) is 4.96 Å². The molecule has 2 aromatic carbocycles. The van der Waals surface area contributed by atoms with Crippen LogP contribution in [0.2, 0.25) is 0 Å². The molecular formula is C20H17FN4OS. The van der Waals surface area contributed by atoms with Crippen LogP contribution < -0.4 is 10.2 Å². The third-order valence-electron chi connectivity index (χ3n) is 4.22. The number of benzene rings is 2. The molecule has 1 amide bonds. The van der Waals surface area contributed by atoms with Crippen molar-refractivity contribution >= 4 is 33.6 Å². The van der Waals surface area contributed by atoms with E-state index >= 15 is 0 Å². The number of carbonyl (C=O) groups is 1. The third-order valence-corrected chi connectivity index (χ3v) is 5.06. The van der Waals surface area contributed by atoms with Gasteiger partial charge in [-0.15, -0.1) is 11.3 Å². The van der Waals surface area contributed by atoms with Gasteiger partial charge in [-0.25, -0.2) is 9.37 Å². The molecule has 0 aliphatic carbocycles. The van der Waals surface area contributed by atoms with Gasteiger partial charge < -0.3 is 10.2 Å². The van der Waals surface area contributed by atoms with E-state index in [0.717, 1.165) is 16.9 Å². The first kappa shape index (κ1) is 17.2. The number of thiazole rings is 1. The second-order valence-electron chi connectivity index (χ2n) is 6.30. The van der Waals surface area contributed by atoms with Gasteiger partial charge in [0, 0.05) is 42.6 Å². The molecule has 0 unspecified atom stereocenters. The molecule has 0 fully saturated rings. The Morgan fingerprint density at radius 2 is 1.81 bits per heavy atom. The van der Waals surface area contributed by atoms with E-state index < -0.39 is 0 Å². The number of carbonyl (C=O) groups excluding carboxylic acids is 1. The van der Waals surface area contributed by atoms with Crippen molar-refractivity contribution in [2.75, 3.05) is 24.3 Å². The lowest BCUT2D eigenvalue weighted by Gasteiger charge is -2.12. The van der Waals surface area contributed by atoms with Crippen molar-refractivity contribution in [3.63, 3.8) is 0 Å². The average molecular weight is 380 g/mol. The fourth-order valence-electron chi connectivity index (χ4n) is 2.74. The predicted octanol–water partition coefficient (Wildman–Crippen LogP) is 4.52. The van der Waals surface area contributed by atoms with Crippen molar-refractivity contribution in [1.82, 2.24) is 9.38 Å². The van der Waals surface area contributed by atoms with Crippen molar-refractivity contribution in [3.8, 4) is 11.3 Å². The van der Waals surface area contributed by atoms with Crippen LogP contribution in [-0.2, 0) is 0 Å². The van der Waals surface area contributed by atoms with Crippen LogP contribution in [-0.4, -0.2) is 29.4 Å². The Morgan fingerprint density at radius 1 is 1.11 bits per heavy atom. The number of nitrogens with zero attached hydrogens (tertiary/aromatic N) is 3. The summed E-state index contributed by atoms with van der Waals surface area (Å²) < 4.78 is 14.9. The molecule has 0 bridgehead atoms. The minimum atomic E-state index is -0.292. The Hall–Kier alpha value is -3.19. The zero-order valence-electron chi connectivity index (χ0n) is 14.8. The van der Waals surface area contributed by atoms with Crippen LogP contribution in [0.15, 0.2) is 60.1 Å². The second kappa shape index (κ2) is 6.85. The van der Waals surface area contributed by atoms with Gasteiger partial charge in [-0.05, 0) is 48.5 Å². The van der Waals surface area contributed by atoms with Crippen molar-refractivity contribution < 1.29 is 9.18 Å². The number of rotatable bonds is 4. The summed E-state index contributed by atoms with van der Waals surface area (Å²) in [5.74, 6) is -0.498. The maximum Gasteiger partial charge on any atom is 0.273 e. The summed E-state index contributed by atoms with van der Waals surface area (Å²) in [6.07, 6.45) is 1.79. The van der Waals surface area contributed by atoms with Crippen LogP contribution >= 0.6 is 11.3 Å². The Morgan fingerprint density at radius 3 is 2.48 bits per heavy atom. The zero-order valence-corrected chi connectivity index (χ0v) is 15.6. The van der Waals surface area contributed by atoms with E-state index in [4.69, 9.17) is 0 Å². The molecule has 0 saturated carbocycles. The zero-order chi connectivity index (χ0) is 19.0. The second-order valence-corrected chi connectivity index (χ2v) is 7.14. The largest absolute Gasteiger partial charge is 0.378 e. The molecule has 0 atom stereocenters. The Labute approximate surface area is 159 Å². The number of hydrogen-bond donors (Lipinski definition) is 1. The first-order valence-electron chi connectivity index (χ1n) is 8.32. The Bertz CT molecular complexity index is 1100. The van der Waals surface area contributed by atoms with Gasteiger partial charge in [-0.3, -0.25) is 9.20 Å². The number of fused-ring (bicyclic) bond motifs is 1. The average Bonchev–Trinajstić information content (AvgIpc) is 3.23. The molecule has 2 heterocycles. The van der Waals surface area contributed by atoms with Crippen molar-refractivity contribution in [3.05, 3.63) is 71.6 Å². The summed E-state index contributed by atoms with van der Waals surface area (Å²) >= 11 is 1.39. The van der Waals surface area contributed by atoms with E-state index in [2.05, 4.69) is 10.3 Å². The van der Waals surface area contributed by atoms with Crippen LogP contribution in [0.1, 0.15) is 10.5 Å². The molecule has 1 N–H and O–H groups in total. The van der Waals surface area contributed by atoms with E-state index in [-0.39, 0.29) is 11.7 Å². The molecular weight excluding hydrogens is 363 g/mol. The smallest absolute Gasteiger partial charge is 0.273 e. The molecule has 27 heavy (non-hydrogen) atoms. The monoisotopic (exact) mass is 380 g/mol. The highest BCUT2D eigenvalue weighted by atomic mass is 32.1. The lowest BCUT2D eigenvalue weighted by Crippen LogP contribution is -2.14. The number of imidazole rings is 1. The van der Waals surface area contributed by atoms with Gasteiger partial charge in [0.25, 0.3) is 5.91 Å². The number of halogens is 1. The quantitative estimate of drug-likeness (QED) is 0.566. The molecule has 4 aromatic rings. The van der Waals surface area contributed by atoms with Gasteiger partial charge in [-0.2, -0.15) is 0 Å². The number of nitrogens with one attached hydrogen (secondary N) is 1. The summed E-state index contributed by atoms with van der Waals surface area (Å²) in [7, 11) is 3.93. The molecule has 0 spiro atoms. The van der Waals surface area contributed by atoms with Gasteiger partial charge in [0.05, 0.1) is 5.69 Å². The summed E-state index contributed by atoms with van der Waals surface area (Å²) in [6.45, 7) is 0. The molecule has 2 aromatic heterocycles. The fraction of sp³-hybridized carbons (Fsp3) is 0.100. The lowest BCUT2D eigenvalue weighted by atomic mass is 10.2. The fourth-order valence-corrected chi connectivity index (χ4v) is 3.60. The maximum absolute atomic E-state index is 13.1. The number of hydrogen-bond acceptors (Lipinski definition) is 4. The Kier molecular flexibility index (Phi) is 4.37. The molecule has 0 aliphatic heterocycles. The molecule has 4 rings (SSSR count). The maximum atomic E-state index is 13.1. The normalized spacial score (nSPS) is 10.9. The van der Waals surface area contributed by atoms with Gasteiger partial charge in [-0.1, -0.05) is 0 Å². The van der Waals surface area contributed by atoms with E-state index in [0.29, 0.717) is 16.3 Å². The molecule has 0 saturated heterocycles. The van der Waals surface area contributed by atoms with Gasteiger partial charge in [0.1, 0.15) is 11.5 Å². The standard InChI is InChI=1S/C20H17FN4OS/c1-24(2)16-9-7-15(8-10-16)22-19(26)18-12-27-20-23-17(11-25(18)20)13-3-5-14(21)6-4-13/h3-12H,1-2H3,(H,22,26). The summed E-state index contributed by atoms with van der Waals surface area (Å²) in [5.41, 5.74) is 3.80. The lowest BCUT2D eigenvalue weighted by molar-refractivity contribution is 0.102. The highest BCUT2D eigenvalue weighted by molar-refractivity contribution is 7.15. The van der Waals surface area contributed by atoms with E-state index in [1.165, 1.54) is 23.5 Å². The van der Waals surface area contributed by atoms with E-state index in [9.17, 15) is 9.18 Å². The number of anilines is 2. The van der Waals surface area contributed by atoms with Crippen molar-refractivity contribution in [2.24, 2.45) is 0 Å². The topological polar surface area (TPSA) is 49.6 Å². The van der Waals surface area contributed by atoms with Crippen LogP contribution in [0, 0.1) is 5.82 Å². The SMILES string of the molecule is CN(C)c1ccc(NC(=O)c2csc3nc(-c4ccc(F)cc4)cn23)cc1. The third kappa shape index (κ3) is 3.41. The summed E-state index contributed by atoms with van der Waals surface area (Å²) in [6, 6.07) is 13.8. The molecule has 0 aliphatic rings. The summed E-state index contributed by atoms with van der Waals surface area (Å²) in [5, 5.41) is 4.69. The number of amides is 1. The van der Waals surface area contributed by atoms with Crippen LogP contribution in [0.5, 0.6) is 0 Å². The van der Waals surface area contributed by atoms with Crippen LogP contribution in [0.4, 0.5) is 15.8 Å². The minimum absolute atomic E-state index is 0.207. The minimum Gasteiger partial charge on any atom is -0.378 e. The Balaban J connectivity index is 1.59. The molecule has 5 nitrogen and oxygen atoms in total. The van der Waals surface area contributed by atoms with Crippen LogP contribution in [0.25, 0.3) is 16.2 Å². The van der Waals surface area contributed by atoms with Crippen molar-refractivity contribution in [1.29, 1.82) is 0 Å². The first-order chi connectivity index (χ1) is 13.0. The van der Waals surface area contributed by atoms with E-state index in [1.807, 2.05) is 43.3 Å². The van der Waals surface area contributed by atoms with Crippen LogP contribution in [0.3, 0.4) is 0 Å². The molecule has 7 heteroatoms. The molecule has 136 valence electrons. The van der Waals surface area contributed by atoms with E-state index in [1.54, 1.807) is 28.1 Å². The summed E-state index contributed by atoms with van der Waals surface area (Å²) in [4.78, 5) is 19.9. The first-order valence-corrected chi connectivity index (χ1v) is 9.20. The van der Waals surface area contributed by atoms with Crippen molar-refractivity contribution in [2.45, 2.75) is 0 Å². The van der Waals surface area contributed by atoms with Gasteiger partial charge >= 0.3 is 0 Å². The number of aromatic nitrogens is 2.